The van der Waals surface area contributed by atoms with Gasteiger partial charge in [0.15, 0.2) is 0 Å². The van der Waals surface area contributed by atoms with Crippen molar-refractivity contribution in [2.75, 3.05) is 18.6 Å². The Morgan fingerprint density at radius 3 is 1.71 bits per heavy atom. The smallest absolute Gasteiger partial charge is 0.303 e. The van der Waals surface area contributed by atoms with Crippen LogP contribution in [0.15, 0.2) is 127 Å². The molecule has 0 radical (unpaired) electrons. The average molecular weight is 917 g/mol. The number of rotatable bonds is 27. The van der Waals surface area contributed by atoms with Gasteiger partial charge in [-0.2, -0.15) is 0 Å². The largest absolute Gasteiger partial charge is 0.481 e. The molecule has 0 bridgehead atoms. The lowest BCUT2D eigenvalue weighted by atomic mass is 9.99. The third-order valence-electron chi connectivity index (χ3n) is 10.9. The lowest BCUT2D eigenvalue weighted by molar-refractivity contribution is -0.137. The summed E-state index contributed by atoms with van der Waals surface area (Å²) in [6, 6.07) is 33.3. The van der Waals surface area contributed by atoms with E-state index in [2.05, 4.69) is 31.9 Å². The molecule has 15 heteroatoms. The Balaban J connectivity index is 1.43. The van der Waals surface area contributed by atoms with Crippen LogP contribution in [-0.2, 0) is 54.5 Å². The summed E-state index contributed by atoms with van der Waals surface area (Å²) in [5.41, 5.74) is 5.00. The topological polar surface area (TPSA) is 215 Å². The molecule has 1 heterocycles. The van der Waals surface area contributed by atoms with Crippen LogP contribution in [0.5, 0.6) is 0 Å². The van der Waals surface area contributed by atoms with Crippen molar-refractivity contribution in [3.63, 3.8) is 0 Å². The number of hydrogen-bond donors (Lipinski definition) is 8. The Labute approximate surface area is 390 Å². The van der Waals surface area contributed by atoms with Gasteiger partial charge in [-0.15, -0.1) is 11.3 Å². The van der Waals surface area contributed by atoms with E-state index >= 15 is 0 Å². The number of anilines is 1. The van der Waals surface area contributed by atoms with Gasteiger partial charge >= 0.3 is 5.97 Å². The zero-order valence-corrected chi connectivity index (χ0v) is 38.0. The number of aliphatic hydroxyl groups is 1. The molecule has 348 valence electrons. The summed E-state index contributed by atoms with van der Waals surface area (Å²) in [6.45, 7) is 1.79. The molecule has 0 aliphatic rings. The van der Waals surface area contributed by atoms with Gasteiger partial charge in [-0.1, -0.05) is 110 Å². The third kappa shape index (κ3) is 16.9. The van der Waals surface area contributed by atoms with Crippen molar-refractivity contribution in [2.24, 2.45) is 0 Å². The SMILES string of the molecule is CCCC(=O)N[C@H](Cc1cccs1)C(=O)N[C@@H](Cc1ccc(-c2ccccc2)cc1)C(=O)N[C@H](CCc1ccccc1)C(=O)N[C@@H](Cc1ccc(NCO)cc1)C(=O)NCCCCC(=O)O. The second-order valence-corrected chi connectivity index (χ2v) is 17.0. The summed E-state index contributed by atoms with van der Waals surface area (Å²) < 4.78 is 0. The quantitative estimate of drug-likeness (QED) is 0.0245. The number of carboxylic acid groups (broad SMARTS) is 1. The van der Waals surface area contributed by atoms with Crippen LogP contribution in [-0.4, -0.2) is 83.2 Å². The molecule has 66 heavy (non-hydrogen) atoms. The molecule has 0 aliphatic carbocycles. The van der Waals surface area contributed by atoms with Gasteiger partial charge in [0.2, 0.25) is 29.5 Å². The predicted octanol–water partition coefficient (Wildman–Crippen LogP) is 5.55. The Morgan fingerprint density at radius 2 is 1.12 bits per heavy atom. The van der Waals surface area contributed by atoms with Gasteiger partial charge in [0.1, 0.15) is 30.9 Å². The number of nitrogens with one attached hydrogen (secondary N) is 6. The van der Waals surface area contributed by atoms with Crippen molar-refractivity contribution < 1.29 is 39.0 Å². The lowest BCUT2D eigenvalue weighted by Crippen LogP contribution is -2.59. The number of carbonyl (C=O) groups is 6. The molecule has 1 aromatic heterocycles. The molecule has 4 atom stereocenters. The number of aliphatic hydroxyl groups excluding tert-OH is 1. The third-order valence-corrected chi connectivity index (χ3v) is 11.8. The molecule has 0 unspecified atom stereocenters. The molecule has 0 fully saturated rings. The number of benzene rings is 4. The van der Waals surface area contributed by atoms with E-state index in [4.69, 9.17) is 5.11 Å². The molecule has 5 aromatic rings. The van der Waals surface area contributed by atoms with Crippen molar-refractivity contribution in [1.29, 1.82) is 0 Å². The van der Waals surface area contributed by atoms with Crippen molar-refractivity contribution >= 4 is 52.5 Å². The van der Waals surface area contributed by atoms with Gasteiger partial charge in [0.25, 0.3) is 0 Å². The van der Waals surface area contributed by atoms with Crippen LogP contribution in [0.4, 0.5) is 5.69 Å². The van der Waals surface area contributed by atoms with Gasteiger partial charge in [0, 0.05) is 49.2 Å². The Morgan fingerprint density at radius 1 is 0.561 bits per heavy atom. The minimum atomic E-state index is -1.18. The number of thiophene rings is 1. The first-order chi connectivity index (χ1) is 32.0. The second kappa shape index (κ2) is 26.8. The summed E-state index contributed by atoms with van der Waals surface area (Å²) in [7, 11) is 0. The molecule has 4 aromatic carbocycles. The molecule has 14 nitrogen and oxygen atoms in total. The molecule has 8 N–H and O–H groups in total. The first-order valence-corrected chi connectivity index (χ1v) is 23.2. The summed E-state index contributed by atoms with van der Waals surface area (Å²) in [4.78, 5) is 82.0. The lowest BCUT2D eigenvalue weighted by Gasteiger charge is -2.27. The van der Waals surface area contributed by atoms with Crippen LogP contribution in [0.3, 0.4) is 0 Å². The minimum absolute atomic E-state index is 0.0454. The number of hydrogen-bond acceptors (Lipinski definition) is 9. The highest BCUT2D eigenvalue weighted by atomic mass is 32.1. The number of unbranched alkanes of at least 4 members (excludes halogenated alkanes) is 1. The molecule has 0 saturated heterocycles. The second-order valence-electron chi connectivity index (χ2n) is 16.0. The van der Waals surface area contributed by atoms with Gasteiger partial charge in [-0.3, -0.25) is 28.8 Å². The van der Waals surface area contributed by atoms with Crippen LogP contribution in [0.2, 0.25) is 0 Å². The van der Waals surface area contributed by atoms with Gasteiger partial charge in [-0.05, 0) is 83.5 Å². The number of amides is 5. The maximum atomic E-state index is 14.7. The summed E-state index contributed by atoms with van der Waals surface area (Å²) in [5.74, 6) is -3.53. The van der Waals surface area contributed by atoms with E-state index in [1.807, 2.05) is 109 Å². The van der Waals surface area contributed by atoms with Crippen LogP contribution in [0.1, 0.15) is 67.0 Å². The standard InChI is InChI=1S/C51H60N6O8S/c1-2-12-46(59)54-45(33-41-17-11-30-66-41)51(65)57-44(32-36-19-24-39(25-20-36)38-15-7-4-8-16-38)50(64)55-42(28-23-35-13-5-3-6-14-35)49(63)56-43(48(62)52-29-10-9-18-47(60)61)31-37-21-26-40(27-22-37)53-34-58/h3-8,11,13-17,19-22,24-27,30,42-45,53,58H,2,9-10,12,18,23,28-29,31-34H2,1H3,(H,52,62)(H,54,59)(H,55,64)(H,56,63)(H,57,65)(H,60,61)/t42-,43+,44+,45-/m1/s1. The summed E-state index contributed by atoms with van der Waals surface area (Å²) in [6.07, 6.45) is 2.42. The Hall–Kier alpha value is -6.84. The van der Waals surface area contributed by atoms with E-state index in [-0.39, 0.29) is 57.7 Å². The highest BCUT2D eigenvalue weighted by Crippen LogP contribution is 2.21. The molecule has 0 aliphatic heterocycles. The van der Waals surface area contributed by atoms with E-state index in [0.717, 1.165) is 27.1 Å². The van der Waals surface area contributed by atoms with E-state index in [1.165, 1.54) is 11.3 Å². The monoisotopic (exact) mass is 916 g/mol. The Bertz CT molecular complexity index is 2290. The first-order valence-electron chi connectivity index (χ1n) is 22.4. The van der Waals surface area contributed by atoms with Crippen molar-refractivity contribution in [2.45, 2.75) is 95.3 Å². The average Bonchev–Trinajstić information content (AvgIpc) is 3.84. The van der Waals surface area contributed by atoms with E-state index in [0.29, 0.717) is 36.9 Å². The highest BCUT2D eigenvalue weighted by molar-refractivity contribution is 7.09. The van der Waals surface area contributed by atoms with Crippen LogP contribution < -0.4 is 31.9 Å². The number of aliphatic carboxylic acids is 1. The molecule has 0 saturated carbocycles. The summed E-state index contributed by atoms with van der Waals surface area (Å²) >= 11 is 1.45. The molecule has 5 rings (SSSR count). The van der Waals surface area contributed by atoms with Crippen molar-refractivity contribution in [1.82, 2.24) is 26.6 Å². The maximum Gasteiger partial charge on any atom is 0.303 e. The van der Waals surface area contributed by atoms with Crippen LogP contribution in [0, 0.1) is 0 Å². The first kappa shape index (κ1) is 50.2. The number of carbonyl (C=O) groups excluding carboxylic acids is 5. The maximum absolute atomic E-state index is 14.7. The fourth-order valence-corrected chi connectivity index (χ4v) is 8.07. The van der Waals surface area contributed by atoms with Gasteiger partial charge in [-0.25, -0.2) is 0 Å². The molecular weight excluding hydrogens is 857 g/mol. The number of aryl methyl sites for hydroxylation is 1. The molecule has 5 amide bonds. The van der Waals surface area contributed by atoms with Crippen molar-refractivity contribution in [3.05, 3.63) is 148 Å². The zero-order chi connectivity index (χ0) is 47.1. The fraction of sp³-hybridized carbons (Fsp3) is 0.333. The van der Waals surface area contributed by atoms with E-state index in [1.54, 1.807) is 24.3 Å². The van der Waals surface area contributed by atoms with Crippen LogP contribution >= 0.6 is 11.3 Å². The van der Waals surface area contributed by atoms with Crippen molar-refractivity contribution in [3.8, 4) is 11.1 Å². The molecular formula is C51H60N6O8S. The zero-order valence-electron chi connectivity index (χ0n) is 37.2. The van der Waals surface area contributed by atoms with E-state index in [9.17, 15) is 33.9 Å². The highest BCUT2D eigenvalue weighted by Gasteiger charge is 2.32. The Kier molecular flexibility index (Phi) is 20.4. The van der Waals surface area contributed by atoms with Gasteiger partial charge in [0.05, 0.1) is 0 Å². The van der Waals surface area contributed by atoms with Gasteiger partial charge < -0.3 is 42.1 Å². The molecule has 0 spiro atoms. The number of carboxylic acids is 1. The summed E-state index contributed by atoms with van der Waals surface area (Å²) in [5, 5.41) is 37.5. The fourth-order valence-electron chi connectivity index (χ4n) is 7.31. The van der Waals surface area contributed by atoms with Crippen LogP contribution in [0.25, 0.3) is 11.1 Å². The normalized spacial score (nSPS) is 12.7. The van der Waals surface area contributed by atoms with E-state index < -0.39 is 53.8 Å². The minimum Gasteiger partial charge on any atom is -0.481 e. The predicted molar refractivity (Wildman–Crippen MR) is 256 cm³/mol.